The van der Waals surface area contributed by atoms with Crippen LogP contribution in [0.5, 0.6) is 5.75 Å². The predicted octanol–water partition coefficient (Wildman–Crippen LogP) is 5.37. The number of allylic oxidation sites excluding steroid dienone is 1. The molecule has 3 aromatic rings. The van der Waals surface area contributed by atoms with Gasteiger partial charge in [-0.05, 0) is 49.7 Å². The number of aryl methyl sites for hydroxylation is 1. The molecule has 6 nitrogen and oxygen atoms in total. The molecule has 0 fully saturated rings. The summed E-state index contributed by atoms with van der Waals surface area (Å²) < 4.78 is 11.1. The van der Waals surface area contributed by atoms with Gasteiger partial charge in [0.05, 0.1) is 18.7 Å². The number of ether oxygens (including phenoxy) is 1. The van der Waals surface area contributed by atoms with Crippen LogP contribution in [0.15, 0.2) is 58.8 Å². The number of nitrogens with zero attached hydrogens (tertiary/aromatic N) is 3. The van der Waals surface area contributed by atoms with Crippen LogP contribution >= 0.6 is 12.2 Å². The first-order chi connectivity index (χ1) is 15.4. The Kier molecular flexibility index (Phi) is 6.28. The molecule has 0 saturated heterocycles. The molecular formula is C25H28N4O2S. The van der Waals surface area contributed by atoms with E-state index in [2.05, 4.69) is 43.1 Å². The molecule has 0 radical (unpaired) electrons. The number of nitrogens with one attached hydrogen (secondary N) is 1. The van der Waals surface area contributed by atoms with Crippen LogP contribution in [0.25, 0.3) is 17.0 Å². The molecule has 1 N–H and O–H groups in total. The Bertz CT molecular complexity index is 1130. The lowest BCUT2D eigenvalue weighted by molar-refractivity contribution is 0.385. The highest BCUT2D eigenvalue weighted by atomic mass is 32.1. The van der Waals surface area contributed by atoms with Crippen LogP contribution in [0.2, 0.25) is 0 Å². The van der Waals surface area contributed by atoms with Crippen molar-refractivity contribution in [3.05, 3.63) is 71.2 Å². The van der Waals surface area contributed by atoms with Gasteiger partial charge in [0.1, 0.15) is 5.75 Å². The molecule has 0 spiro atoms. The molecule has 2 heterocycles. The molecule has 1 aliphatic rings. The molecule has 1 aromatic heterocycles. The summed E-state index contributed by atoms with van der Waals surface area (Å²) in [5, 5.41) is 8.45. The maximum atomic E-state index is 5.79. The van der Waals surface area contributed by atoms with E-state index in [1.165, 1.54) is 5.56 Å². The third kappa shape index (κ3) is 4.39. The Labute approximate surface area is 194 Å². The van der Waals surface area contributed by atoms with Crippen molar-refractivity contribution in [2.24, 2.45) is 5.92 Å². The maximum absolute atomic E-state index is 5.79. The number of hydrogen-bond acceptors (Lipinski definition) is 5. The largest absolute Gasteiger partial charge is 0.497 e. The van der Waals surface area contributed by atoms with Crippen molar-refractivity contribution >= 4 is 22.9 Å². The average Bonchev–Trinajstić information content (AvgIpc) is 3.26. The first-order valence-corrected chi connectivity index (χ1v) is 11.1. The zero-order valence-electron chi connectivity index (χ0n) is 19.0. The summed E-state index contributed by atoms with van der Waals surface area (Å²) in [5.41, 5.74) is 5.09. The Morgan fingerprint density at radius 3 is 2.41 bits per heavy atom. The maximum Gasteiger partial charge on any atom is 0.258 e. The summed E-state index contributed by atoms with van der Waals surface area (Å²) >= 11 is 5.73. The highest BCUT2D eigenvalue weighted by Crippen LogP contribution is 2.38. The Morgan fingerprint density at radius 2 is 1.78 bits per heavy atom. The molecule has 1 unspecified atom stereocenters. The van der Waals surface area contributed by atoms with Crippen molar-refractivity contribution < 1.29 is 9.26 Å². The van der Waals surface area contributed by atoms with E-state index in [4.69, 9.17) is 26.5 Å². The topological polar surface area (TPSA) is 63.4 Å². The lowest BCUT2D eigenvalue weighted by atomic mass is 9.94. The van der Waals surface area contributed by atoms with Gasteiger partial charge in [0.2, 0.25) is 5.82 Å². The van der Waals surface area contributed by atoms with Crippen molar-refractivity contribution in [2.45, 2.75) is 33.7 Å². The van der Waals surface area contributed by atoms with E-state index in [0.29, 0.717) is 22.7 Å². The van der Waals surface area contributed by atoms with Crippen LogP contribution in [0.4, 0.5) is 0 Å². The second kappa shape index (κ2) is 9.12. The van der Waals surface area contributed by atoms with E-state index in [9.17, 15) is 0 Å². The van der Waals surface area contributed by atoms with Crippen molar-refractivity contribution in [1.82, 2.24) is 20.4 Å². The quantitative estimate of drug-likeness (QED) is 0.509. The van der Waals surface area contributed by atoms with Crippen molar-refractivity contribution in [3.63, 3.8) is 0 Å². The molecule has 4 rings (SSSR count). The van der Waals surface area contributed by atoms with Crippen LogP contribution in [-0.2, 0) is 0 Å². The molecule has 0 saturated carbocycles. The third-order valence-electron chi connectivity index (χ3n) is 5.56. The number of hydrogen-bond donors (Lipinski definition) is 1. The summed E-state index contributed by atoms with van der Waals surface area (Å²) in [4.78, 5) is 6.88. The minimum absolute atomic E-state index is 0.205. The molecule has 2 aromatic carbocycles. The second-order valence-corrected chi connectivity index (χ2v) is 8.84. The fourth-order valence-electron chi connectivity index (χ4n) is 3.84. The minimum Gasteiger partial charge on any atom is -0.497 e. The molecule has 0 amide bonds. The Balaban J connectivity index is 1.79. The fraction of sp³-hybridized carbons (Fsp3) is 0.320. The number of thiocarbonyl (C=S) groups is 1. The summed E-state index contributed by atoms with van der Waals surface area (Å²) in [5.74, 6) is 2.30. The van der Waals surface area contributed by atoms with Gasteiger partial charge in [-0.2, -0.15) is 4.98 Å². The normalized spacial score (nSPS) is 16.5. The number of benzene rings is 2. The Hall–Kier alpha value is -3.19. The van der Waals surface area contributed by atoms with Crippen LogP contribution in [0.3, 0.4) is 0 Å². The monoisotopic (exact) mass is 448 g/mol. The van der Waals surface area contributed by atoms with E-state index in [1.807, 2.05) is 48.5 Å². The van der Waals surface area contributed by atoms with Gasteiger partial charge < -0.3 is 19.5 Å². The molecule has 1 atom stereocenters. The highest BCUT2D eigenvalue weighted by Gasteiger charge is 2.34. The van der Waals surface area contributed by atoms with E-state index >= 15 is 0 Å². The van der Waals surface area contributed by atoms with E-state index in [0.717, 1.165) is 34.7 Å². The lowest BCUT2D eigenvalue weighted by Crippen LogP contribution is -2.47. The van der Waals surface area contributed by atoms with Gasteiger partial charge in [-0.15, -0.1) is 0 Å². The summed E-state index contributed by atoms with van der Waals surface area (Å²) in [7, 11) is 1.66. The molecular weight excluding hydrogens is 420 g/mol. The van der Waals surface area contributed by atoms with Gasteiger partial charge in [-0.3, -0.25) is 0 Å². The predicted molar refractivity (Wildman–Crippen MR) is 130 cm³/mol. The fourth-order valence-corrected chi connectivity index (χ4v) is 4.17. The van der Waals surface area contributed by atoms with Gasteiger partial charge in [0, 0.05) is 17.8 Å². The average molecular weight is 449 g/mol. The SMILES string of the molecule is COc1ccc(C2NC(=S)N(CC(C)C)C(C)=C2c2nc(-c3ccc(C)cc3)no2)cc1. The molecule has 0 aliphatic carbocycles. The molecule has 0 bridgehead atoms. The van der Waals surface area contributed by atoms with Crippen LogP contribution in [-0.4, -0.2) is 33.8 Å². The minimum atomic E-state index is -0.205. The summed E-state index contributed by atoms with van der Waals surface area (Å²) in [6.45, 7) is 9.27. The number of aromatic nitrogens is 2. The van der Waals surface area contributed by atoms with E-state index in [1.54, 1.807) is 7.11 Å². The second-order valence-electron chi connectivity index (χ2n) is 8.45. The van der Waals surface area contributed by atoms with Crippen molar-refractivity contribution in [3.8, 4) is 17.1 Å². The van der Waals surface area contributed by atoms with Gasteiger partial charge in [-0.1, -0.05) is 61.0 Å². The van der Waals surface area contributed by atoms with Gasteiger partial charge in [0.15, 0.2) is 5.11 Å². The van der Waals surface area contributed by atoms with Crippen molar-refractivity contribution in [1.29, 1.82) is 0 Å². The summed E-state index contributed by atoms with van der Waals surface area (Å²) in [6.07, 6.45) is 0. The van der Waals surface area contributed by atoms with Gasteiger partial charge in [0.25, 0.3) is 5.89 Å². The molecule has 32 heavy (non-hydrogen) atoms. The Morgan fingerprint density at radius 1 is 1.09 bits per heavy atom. The lowest BCUT2D eigenvalue weighted by Gasteiger charge is -2.38. The molecule has 1 aliphatic heterocycles. The summed E-state index contributed by atoms with van der Waals surface area (Å²) in [6, 6.07) is 15.8. The molecule has 166 valence electrons. The molecule has 7 heteroatoms. The van der Waals surface area contributed by atoms with Gasteiger partial charge >= 0.3 is 0 Å². The van der Waals surface area contributed by atoms with Crippen molar-refractivity contribution in [2.75, 3.05) is 13.7 Å². The zero-order chi connectivity index (χ0) is 22.8. The first kappa shape index (κ1) is 22.0. The number of rotatable bonds is 6. The number of methoxy groups -OCH3 is 1. The van der Waals surface area contributed by atoms with Crippen LogP contribution < -0.4 is 10.1 Å². The standard InChI is InChI=1S/C25H28N4O2S/c1-15(2)14-29-17(4)21(22(26-25(29)32)18-10-12-20(30-5)13-11-18)24-27-23(28-31-24)19-8-6-16(3)7-9-19/h6-13,15,22H,14H2,1-5H3,(H,26,32). The van der Waals surface area contributed by atoms with E-state index < -0.39 is 0 Å². The smallest absolute Gasteiger partial charge is 0.258 e. The van der Waals surface area contributed by atoms with Crippen LogP contribution in [0.1, 0.15) is 43.8 Å². The third-order valence-corrected chi connectivity index (χ3v) is 5.90. The zero-order valence-corrected chi connectivity index (χ0v) is 19.9. The first-order valence-electron chi connectivity index (χ1n) is 10.7. The van der Waals surface area contributed by atoms with Gasteiger partial charge in [-0.25, -0.2) is 0 Å². The van der Waals surface area contributed by atoms with Crippen LogP contribution in [0, 0.1) is 12.8 Å². The highest BCUT2D eigenvalue weighted by molar-refractivity contribution is 7.80. The van der Waals surface area contributed by atoms with E-state index in [-0.39, 0.29) is 6.04 Å².